The minimum Gasteiger partial charge on any atom is -0.372 e. The predicted molar refractivity (Wildman–Crippen MR) is 99.4 cm³/mol. The largest absolute Gasteiger partial charge is 0.372 e. The fraction of sp³-hybridized carbons (Fsp3) is 0.875. The van der Waals surface area contributed by atoms with E-state index in [2.05, 4.69) is 22.4 Å². The van der Waals surface area contributed by atoms with Crippen molar-refractivity contribution in [2.75, 3.05) is 44.9 Å². The summed E-state index contributed by atoms with van der Waals surface area (Å²) in [6, 6.07) is 0. The zero-order valence-electron chi connectivity index (χ0n) is 14.3. The molecule has 0 bridgehead atoms. The van der Waals surface area contributed by atoms with Crippen LogP contribution in [0.15, 0.2) is 0 Å². The summed E-state index contributed by atoms with van der Waals surface area (Å²) >= 11 is 4.04. The van der Waals surface area contributed by atoms with Gasteiger partial charge in [0.15, 0.2) is 0 Å². The van der Waals surface area contributed by atoms with Gasteiger partial charge < -0.3 is 20.2 Å². The third-order valence-electron chi connectivity index (χ3n) is 3.64. The van der Waals surface area contributed by atoms with Gasteiger partial charge in [-0.1, -0.05) is 0 Å². The Kier molecular flexibility index (Phi) is 11.8. The Hall–Kier alpha value is -0.240. The van der Waals surface area contributed by atoms with Gasteiger partial charge in [0, 0.05) is 48.1 Å². The zero-order valence-corrected chi connectivity index (χ0v) is 15.9. The topological polar surface area (TPSA) is 67.4 Å². The van der Waals surface area contributed by atoms with Crippen molar-refractivity contribution < 1.29 is 14.3 Å². The maximum absolute atomic E-state index is 11.6. The third-order valence-corrected chi connectivity index (χ3v) is 6.68. The van der Waals surface area contributed by atoms with E-state index in [-0.39, 0.29) is 18.3 Å². The molecule has 1 aliphatic rings. The monoisotopic (exact) mass is 362 g/mol. The Labute approximate surface area is 148 Å². The van der Waals surface area contributed by atoms with Crippen LogP contribution in [-0.4, -0.2) is 67.0 Å². The Bertz CT molecular complexity index is 356. The first-order chi connectivity index (χ1) is 11.1. The molecule has 1 saturated carbocycles. The molecule has 1 amide bonds. The molecule has 134 valence electrons. The quantitative estimate of drug-likeness (QED) is 0.459. The molecule has 0 radical (unpaired) electrons. The lowest BCUT2D eigenvalue weighted by Crippen LogP contribution is -2.34. The highest BCUT2D eigenvalue weighted by Gasteiger charge is 2.30. The van der Waals surface area contributed by atoms with E-state index in [0.717, 1.165) is 22.8 Å². The van der Waals surface area contributed by atoms with Gasteiger partial charge in [-0.3, -0.25) is 4.79 Å². The van der Waals surface area contributed by atoms with Crippen LogP contribution >= 0.6 is 23.5 Å². The van der Waals surface area contributed by atoms with Crippen LogP contribution in [-0.2, 0) is 14.3 Å². The lowest BCUT2D eigenvalue weighted by Gasteiger charge is -2.35. The molecule has 1 fully saturated rings. The van der Waals surface area contributed by atoms with Crippen LogP contribution in [0.1, 0.15) is 32.6 Å². The summed E-state index contributed by atoms with van der Waals surface area (Å²) in [5.74, 6) is 2.23. The van der Waals surface area contributed by atoms with E-state index in [4.69, 9.17) is 4.74 Å². The minimum absolute atomic E-state index is 0.0676. The van der Waals surface area contributed by atoms with Gasteiger partial charge in [0.1, 0.15) is 12.4 Å². The molecule has 5 nitrogen and oxygen atoms in total. The number of Topliss-reactive ketones (excluding diaryl/α,β-unsaturated/α-hetero) is 1. The number of ether oxygens (including phenoxy) is 1. The highest BCUT2D eigenvalue weighted by Crippen LogP contribution is 2.39. The number of nitrogens with one attached hydrogen (secondary N) is 2. The molecule has 0 aromatic carbocycles. The van der Waals surface area contributed by atoms with Crippen molar-refractivity contribution in [1.29, 1.82) is 0 Å². The molecular formula is C16H30N2O3S2. The molecule has 2 unspecified atom stereocenters. The smallest absolute Gasteiger partial charge is 0.246 e. The second kappa shape index (κ2) is 13.1. The number of amides is 1. The van der Waals surface area contributed by atoms with Crippen LogP contribution in [0.3, 0.4) is 0 Å². The van der Waals surface area contributed by atoms with Crippen LogP contribution in [0.2, 0.25) is 0 Å². The lowest BCUT2D eigenvalue weighted by atomic mass is 9.99. The molecule has 2 N–H and O–H groups in total. The second-order valence-electron chi connectivity index (χ2n) is 5.71. The van der Waals surface area contributed by atoms with Crippen molar-refractivity contribution in [1.82, 2.24) is 10.6 Å². The van der Waals surface area contributed by atoms with Gasteiger partial charge in [0.25, 0.3) is 0 Å². The summed E-state index contributed by atoms with van der Waals surface area (Å²) in [6.07, 6.45) is 3.83. The molecule has 0 aromatic rings. The first kappa shape index (κ1) is 20.8. The fourth-order valence-electron chi connectivity index (χ4n) is 2.17. The van der Waals surface area contributed by atoms with E-state index in [9.17, 15) is 9.59 Å². The standard InChI is InChI=1S/C16H30N2O3S2/c1-13(19)4-3-9-21-12-16(20)18-8-11-23-15-6-5-14(15)22-10-7-17-2/h14-15,17H,3-12H2,1-2H3,(H,18,20). The zero-order chi connectivity index (χ0) is 16.9. The molecule has 0 aromatic heterocycles. The van der Waals surface area contributed by atoms with Crippen molar-refractivity contribution in [3.05, 3.63) is 0 Å². The Morgan fingerprint density at radius 3 is 2.35 bits per heavy atom. The number of carbonyl (C=O) groups is 2. The number of rotatable bonds is 14. The highest BCUT2D eigenvalue weighted by atomic mass is 32.2. The maximum Gasteiger partial charge on any atom is 0.246 e. The molecule has 0 aliphatic heterocycles. The number of hydrogen-bond acceptors (Lipinski definition) is 6. The molecule has 23 heavy (non-hydrogen) atoms. The molecule has 0 heterocycles. The van der Waals surface area contributed by atoms with Crippen LogP contribution in [0.5, 0.6) is 0 Å². The van der Waals surface area contributed by atoms with Gasteiger partial charge >= 0.3 is 0 Å². The van der Waals surface area contributed by atoms with Crippen molar-refractivity contribution in [3.8, 4) is 0 Å². The van der Waals surface area contributed by atoms with E-state index in [1.807, 2.05) is 18.8 Å². The molecule has 7 heteroatoms. The minimum atomic E-state index is -0.0676. The Balaban J connectivity index is 1.92. The van der Waals surface area contributed by atoms with Gasteiger partial charge in [0.2, 0.25) is 5.91 Å². The van der Waals surface area contributed by atoms with E-state index >= 15 is 0 Å². The van der Waals surface area contributed by atoms with E-state index in [1.165, 1.54) is 18.6 Å². The number of ketones is 1. The third kappa shape index (κ3) is 10.3. The first-order valence-electron chi connectivity index (χ1n) is 8.35. The van der Waals surface area contributed by atoms with Crippen LogP contribution in [0, 0.1) is 0 Å². The molecule has 1 aliphatic carbocycles. The van der Waals surface area contributed by atoms with E-state index in [1.54, 1.807) is 6.92 Å². The summed E-state index contributed by atoms with van der Waals surface area (Å²) in [4.78, 5) is 22.3. The molecule has 0 spiro atoms. The molecule has 0 saturated heterocycles. The molecular weight excluding hydrogens is 332 g/mol. The van der Waals surface area contributed by atoms with Crippen LogP contribution in [0.25, 0.3) is 0 Å². The van der Waals surface area contributed by atoms with Gasteiger partial charge in [-0.25, -0.2) is 0 Å². The van der Waals surface area contributed by atoms with E-state index in [0.29, 0.717) is 26.0 Å². The fourth-order valence-corrected chi connectivity index (χ4v) is 5.10. The summed E-state index contributed by atoms with van der Waals surface area (Å²) < 4.78 is 5.25. The lowest BCUT2D eigenvalue weighted by molar-refractivity contribution is -0.125. The van der Waals surface area contributed by atoms with Gasteiger partial charge in [-0.15, -0.1) is 0 Å². The average molecular weight is 363 g/mol. The van der Waals surface area contributed by atoms with Crippen LogP contribution < -0.4 is 10.6 Å². The molecule has 2 atom stereocenters. The van der Waals surface area contributed by atoms with Crippen molar-refractivity contribution in [2.24, 2.45) is 0 Å². The van der Waals surface area contributed by atoms with Crippen molar-refractivity contribution >= 4 is 35.2 Å². The van der Waals surface area contributed by atoms with Gasteiger partial charge in [-0.05, 0) is 33.2 Å². The number of carbonyl (C=O) groups excluding carboxylic acids is 2. The Morgan fingerprint density at radius 2 is 1.78 bits per heavy atom. The van der Waals surface area contributed by atoms with Crippen molar-refractivity contribution in [3.63, 3.8) is 0 Å². The maximum atomic E-state index is 11.6. The summed E-state index contributed by atoms with van der Waals surface area (Å²) in [5.41, 5.74) is 0. The summed E-state index contributed by atoms with van der Waals surface area (Å²) in [7, 11) is 1.99. The Morgan fingerprint density at radius 1 is 1.13 bits per heavy atom. The van der Waals surface area contributed by atoms with Crippen LogP contribution in [0.4, 0.5) is 0 Å². The first-order valence-corrected chi connectivity index (χ1v) is 10.4. The van der Waals surface area contributed by atoms with Gasteiger partial charge in [-0.2, -0.15) is 23.5 Å². The average Bonchev–Trinajstić information content (AvgIpc) is 2.49. The summed E-state index contributed by atoms with van der Waals surface area (Å²) in [5, 5.41) is 7.59. The highest BCUT2D eigenvalue weighted by molar-refractivity contribution is 8.04. The summed E-state index contributed by atoms with van der Waals surface area (Å²) in [6.45, 7) is 3.89. The van der Waals surface area contributed by atoms with E-state index < -0.39 is 0 Å². The van der Waals surface area contributed by atoms with Crippen molar-refractivity contribution in [2.45, 2.75) is 43.1 Å². The number of hydrogen-bond donors (Lipinski definition) is 2. The molecule has 1 rings (SSSR count). The normalized spacial score (nSPS) is 20.1. The predicted octanol–water partition coefficient (Wildman–Crippen LogP) is 1.71. The van der Waals surface area contributed by atoms with Gasteiger partial charge in [0.05, 0.1) is 0 Å². The second-order valence-corrected chi connectivity index (χ2v) is 8.40. The SMILES string of the molecule is CNCCSC1CCC1SCCNC(=O)COCCCC(C)=O. The number of thioether (sulfide) groups is 2.